The van der Waals surface area contributed by atoms with Crippen molar-refractivity contribution in [2.24, 2.45) is 12.8 Å². The Morgan fingerprint density at radius 3 is 2.65 bits per heavy atom. The molecular weight excluding hydrogens is 298 g/mol. The van der Waals surface area contributed by atoms with Crippen molar-refractivity contribution in [2.75, 3.05) is 4.72 Å². The summed E-state index contributed by atoms with van der Waals surface area (Å²) in [5.74, 6) is 0. The van der Waals surface area contributed by atoms with Gasteiger partial charge in [-0.3, -0.25) is 4.72 Å². The molecule has 5 nitrogen and oxygen atoms in total. The van der Waals surface area contributed by atoms with Gasteiger partial charge in [-0.25, -0.2) is 8.42 Å². The summed E-state index contributed by atoms with van der Waals surface area (Å²) >= 11 is 6.03. The maximum Gasteiger partial charge on any atom is 0.263 e. The van der Waals surface area contributed by atoms with Crippen LogP contribution in [0.2, 0.25) is 5.02 Å². The first kappa shape index (κ1) is 14.9. The zero-order valence-corrected chi connectivity index (χ0v) is 12.8. The highest BCUT2D eigenvalue weighted by atomic mass is 35.5. The summed E-state index contributed by atoms with van der Waals surface area (Å²) in [6.45, 7) is 2.07. The molecule has 1 heterocycles. The Labute approximate surface area is 123 Å². The number of halogens is 1. The van der Waals surface area contributed by atoms with Crippen LogP contribution in [0, 0.1) is 6.92 Å². The molecule has 0 fully saturated rings. The number of hydrogen-bond acceptors (Lipinski definition) is 3. The zero-order valence-electron chi connectivity index (χ0n) is 11.2. The van der Waals surface area contributed by atoms with Crippen LogP contribution in [0.25, 0.3) is 0 Å². The van der Waals surface area contributed by atoms with Crippen LogP contribution in [0.5, 0.6) is 0 Å². The fourth-order valence-electron chi connectivity index (χ4n) is 1.88. The molecule has 2 aromatic rings. The van der Waals surface area contributed by atoms with Gasteiger partial charge in [0.05, 0.1) is 10.7 Å². The minimum absolute atomic E-state index is 0.166. The van der Waals surface area contributed by atoms with Gasteiger partial charge in [0.15, 0.2) is 0 Å². The second kappa shape index (κ2) is 5.47. The quantitative estimate of drug-likeness (QED) is 0.908. The summed E-state index contributed by atoms with van der Waals surface area (Å²) in [6, 6.07) is 6.75. The predicted octanol–water partition coefficient (Wildman–Crippen LogP) is 2.25. The maximum atomic E-state index is 12.4. The average Bonchev–Trinajstić information content (AvgIpc) is 2.76. The highest BCUT2D eigenvalue weighted by Gasteiger charge is 2.19. The number of para-hydroxylation sites is 1. The highest BCUT2D eigenvalue weighted by Crippen LogP contribution is 2.28. The standard InChI is InChI=1S/C13H16ClN3O2S/c1-9-4-3-5-12(14)13(9)16-20(18,19)11-6-10(7-15)17(2)8-11/h3-6,8,16H,7,15H2,1-2H3. The SMILES string of the molecule is Cc1cccc(Cl)c1NS(=O)(=O)c1cc(CN)n(C)c1. The van der Waals surface area contributed by atoms with Crippen LogP contribution in [0.3, 0.4) is 0 Å². The van der Waals surface area contributed by atoms with Gasteiger partial charge in [-0.2, -0.15) is 0 Å². The van der Waals surface area contributed by atoms with E-state index in [1.165, 1.54) is 6.20 Å². The van der Waals surface area contributed by atoms with E-state index in [0.29, 0.717) is 10.7 Å². The number of aromatic nitrogens is 1. The minimum atomic E-state index is -3.68. The van der Waals surface area contributed by atoms with Crippen LogP contribution < -0.4 is 10.5 Å². The van der Waals surface area contributed by atoms with Crippen molar-refractivity contribution >= 4 is 27.3 Å². The van der Waals surface area contributed by atoms with Crippen LogP contribution in [0.4, 0.5) is 5.69 Å². The number of nitrogens with two attached hydrogens (primary N) is 1. The molecule has 0 amide bonds. The summed E-state index contributed by atoms with van der Waals surface area (Å²) in [7, 11) is -1.93. The Morgan fingerprint density at radius 1 is 1.40 bits per heavy atom. The Balaban J connectivity index is 2.41. The van der Waals surface area contributed by atoms with Crippen molar-refractivity contribution in [1.29, 1.82) is 0 Å². The van der Waals surface area contributed by atoms with Crippen LogP contribution >= 0.6 is 11.6 Å². The number of hydrogen-bond donors (Lipinski definition) is 2. The summed E-state index contributed by atoms with van der Waals surface area (Å²) in [5, 5.41) is 0.364. The third-order valence-corrected chi connectivity index (χ3v) is 4.69. The lowest BCUT2D eigenvalue weighted by Gasteiger charge is -2.11. The van der Waals surface area contributed by atoms with Crippen molar-refractivity contribution in [3.05, 3.63) is 46.7 Å². The van der Waals surface area contributed by atoms with E-state index in [2.05, 4.69) is 4.72 Å². The number of anilines is 1. The second-order valence-electron chi connectivity index (χ2n) is 4.52. The van der Waals surface area contributed by atoms with E-state index in [1.54, 1.807) is 42.8 Å². The zero-order chi connectivity index (χ0) is 14.9. The number of nitrogens with one attached hydrogen (secondary N) is 1. The molecule has 0 aliphatic rings. The number of nitrogens with zero attached hydrogens (tertiary/aromatic N) is 1. The van der Waals surface area contributed by atoms with Gasteiger partial charge in [-0.15, -0.1) is 0 Å². The maximum absolute atomic E-state index is 12.4. The van der Waals surface area contributed by atoms with E-state index >= 15 is 0 Å². The molecule has 2 rings (SSSR count). The van der Waals surface area contributed by atoms with Gasteiger partial charge in [-0.1, -0.05) is 23.7 Å². The van der Waals surface area contributed by atoms with Crippen LogP contribution in [0.1, 0.15) is 11.3 Å². The predicted molar refractivity (Wildman–Crippen MR) is 80.3 cm³/mol. The molecule has 0 radical (unpaired) electrons. The Bertz CT molecular complexity index is 718. The second-order valence-corrected chi connectivity index (χ2v) is 6.61. The van der Waals surface area contributed by atoms with Gasteiger partial charge in [0, 0.05) is 25.5 Å². The smallest absolute Gasteiger partial charge is 0.263 e. The Morgan fingerprint density at radius 2 is 2.10 bits per heavy atom. The lowest BCUT2D eigenvalue weighted by atomic mass is 10.2. The first-order chi connectivity index (χ1) is 9.35. The molecular formula is C13H16ClN3O2S. The van der Waals surface area contributed by atoms with Gasteiger partial charge in [-0.05, 0) is 24.6 Å². The molecule has 0 aliphatic carbocycles. The summed E-state index contributed by atoms with van der Waals surface area (Å²) < 4.78 is 28.9. The van der Waals surface area contributed by atoms with Gasteiger partial charge < -0.3 is 10.3 Å². The minimum Gasteiger partial charge on any atom is -0.352 e. The molecule has 3 N–H and O–H groups in total. The van der Waals surface area contributed by atoms with Crippen LogP contribution in [-0.4, -0.2) is 13.0 Å². The van der Waals surface area contributed by atoms with Gasteiger partial charge in [0.2, 0.25) is 0 Å². The molecule has 0 aliphatic heterocycles. The molecule has 0 saturated heterocycles. The van der Waals surface area contributed by atoms with Gasteiger partial charge in [0.25, 0.3) is 10.0 Å². The van der Waals surface area contributed by atoms with E-state index in [9.17, 15) is 8.42 Å². The fourth-order valence-corrected chi connectivity index (χ4v) is 3.45. The van der Waals surface area contributed by atoms with Crippen molar-refractivity contribution in [2.45, 2.75) is 18.4 Å². The molecule has 0 unspecified atom stereocenters. The van der Waals surface area contributed by atoms with Crippen molar-refractivity contribution in [3.63, 3.8) is 0 Å². The lowest BCUT2D eigenvalue weighted by Crippen LogP contribution is -2.13. The number of benzene rings is 1. The van der Waals surface area contributed by atoms with Gasteiger partial charge >= 0.3 is 0 Å². The van der Waals surface area contributed by atoms with Crippen molar-refractivity contribution < 1.29 is 8.42 Å². The normalized spacial score (nSPS) is 11.6. The first-order valence-electron chi connectivity index (χ1n) is 5.98. The topological polar surface area (TPSA) is 77.1 Å². The number of aryl methyl sites for hydroxylation is 2. The van der Waals surface area contributed by atoms with E-state index in [0.717, 1.165) is 11.3 Å². The van der Waals surface area contributed by atoms with E-state index in [1.807, 2.05) is 0 Å². The van der Waals surface area contributed by atoms with Gasteiger partial charge in [0.1, 0.15) is 4.90 Å². The molecule has 0 saturated carbocycles. The fraction of sp³-hybridized carbons (Fsp3) is 0.231. The Kier molecular flexibility index (Phi) is 4.08. The molecule has 0 bridgehead atoms. The number of rotatable bonds is 4. The highest BCUT2D eigenvalue weighted by molar-refractivity contribution is 7.92. The van der Waals surface area contributed by atoms with E-state index in [4.69, 9.17) is 17.3 Å². The molecule has 7 heteroatoms. The monoisotopic (exact) mass is 313 g/mol. The Hall–Kier alpha value is -1.50. The third kappa shape index (κ3) is 2.82. The van der Waals surface area contributed by atoms with Crippen molar-refractivity contribution in [1.82, 2.24) is 4.57 Å². The van der Waals surface area contributed by atoms with Crippen molar-refractivity contribution in [3.8, 4) is 0 Å². The lowest BCUT2D eigenvalue weighted by molar-refractivity contribution is 0.601. The van der Waals surface area contributed by atoms with Crippen LogP contribution in [-0.2, 0) is 23.6 Å². The third-order valence-electron chi connectivity index (χ3n) is 3.06. The average molecular weight is 314 g/mol. The van der Waals surface area contributed by atoms with E-state index in [-0.39, 0.29) is 11.4 Å². The molecule has 0 atom stereocenters. The summed E-state index contributed by atoms with van der Waals surface area (Å²) in [4.78, 5) is 0.166. The molecule has 108 valence electrons. The van der Waals surface area contributed by atoms with Crippen LogP contribution in [0.15, 0.2) is 35.4 Å². The molecule has 20 heavy (non-hydrogen) atoms. The number of sulfonamides is 1. The first-order valence-corrected chi connectivity index (χ1v) is 7.84. The largest absolute Gasteiger partial charge is 0.352 e. The van der Waals surface area contributed by atoms with E-state index < -0.39 is 10.0 Å². The summed E-state index contributed by atoms with van der Waals surface area (Å²) in [6.07, 6.45) is 1.52. The summed E-state index contributed by atoms with van der Waals surface area (Å²) in [5.41, 5.74) is 7.44. The molecule has 1 aromatic carbocycles. The molecule has 1 aromatic heterocycles. The molecule has 0 spiro atoms.